The van der Waals surface area contributed by atoms with Crippen LogP contribution in [0.3, 0.4) is 0 Å². The fourth-order valence-corrected chi connectivity index (χ4v) is 10.1. The predicted molar refractivity (Wildman–Crippen MR) is 306 cm³/mol. The van der Waals surface area contributed by atoms with Crippen LogP contribution in [0.15, 0.2) is 143 Å². The standard InChI is InChI=1S/C28H23ClN6O3.C26H21ClN6O2.C4H6O3/c1-16(36)34-13-17(14-34)15-35-24-9-5-4-8-22(24)26(33-35)28(38)30-18-10-11-21(23(29)12-18)25-19-6-2-3-7-20(19)27(37)32-31-25;27-21-11-16(9-10-19(21)23-17-5-1-2-6-18(17)25(34)31-30-23)29-26(35)24-20-7-3-4-8-22(20)33(32-24)14-15-12-28-13-15;1-3(5)7-4(2)6/h2-12,17H,13-15H2,1H3,(H,30,38)(H,32,37);1-11,15,28H,12-14H2,(H,29,35)(H,31,34);1-2H3. The van der Waals surface area contributed by atoms with Gasteiger partial charge in [0.2, 0.25) is 5.91 Å². The Morgan fingerprint density at radius 2 is 0.950 bits per heavy atom. The highest BCUT2D eigenvalue weighted by Crippen LogP contribution is 2.35. The fraction of sp³-hybridized carbons (Fsp3) is 0.190. The molecule has 0 radical (unpaired) electrons. The third kappa shape index (κ3) is 11.6. The molecule has 0 bridgehead atoms. The molecule has 0 unspecified atom stereocenters. The van der Waals surface area contributed by atoms with E-state index >= 15 is 0 Å². The first-order chi connectivity index (χ1) is 38.6. The van der Waals surface area contributed by atoms with Gasteiger partial charge in [0, 0.05) is 116 Å². The van der Waals surface area contributed by atoms with Crippen molar-refractivity contribution < 1.29 is 28.7 Å². The van der Waals surface area contributed by atoms with Crippen molar-refractivity contribution >= 4 is 108 Å². The first-order valence-corrected chi connectivity index (χ1v) is 26.1. The quantitative estimate of drug-likeness (QED) is 0.0636. The van der Waals surface area contributed by atoms with Gasteiger partial charge in [0.25, 0.3) is 22.9 Å². The molecular weight excluding hydrogens is 1060 g/mol. The van der Waals surface area contributed by atoms with Gasteiger partial charge in [-0.1, -0.05) is 96.0 Å². The number of likely N-dealkylation sites (tertiary alicyclic amines) is 1. The number of nitrogens with zero attached hydrogens (tertiary/aromatic N) is 7. The van der Waals surface area contributed by atoms with Crippen LogP contribution in [-0.2, 0) is 32.2 Å². The van der Waals surface area contributed by atoms with Gasteiger partial charge in [-0.25, -0.2) is 10.2 Å². The first kappa shape index (κ1) is 54.0. The number of benzene rings is 6. The zero-order valence-electron chi connectivity index (χ0n) is 43.3. The number of halogens is 2. The number of carbonyl (C=O) groups excluding carboxylic acids is 5. The zero-order chi connectivity index (χ0) is 56.2. The maximum absolute atomic E-state index is 13.3. The van der Waals surface area contributed by atoms with Crippen LogP contribution in [0.2, 0.25) is 10.0 Å². The molecule has 2 saturated heterocycles. The lowest BCUT2D eigenvalue weighted by Crippen LogP contribution is -2.50. The van der Waals surface area contributed by atoms with Crippen LogP contribution in [0.5, 0.6) is 0 Å². The van der Waals surface area contributed by atoms with Crippen LogP contribution < -0.4 is 27.1 Å². The number of aromatic nitrogens is 8. The minimum atomic E-state index is -0.562. The van der Waals surface area contributed by atoms with Gasteiger partial charge in [0.15, 0.2) is 11.4 Å². The molecule has 0 spiro atoms. The summed E-state index contributed by atoms with van der Waals surface area (Å²) in [5.74, 6) is -0.903. The van der Waals surface area contributed by atoms with Crippen LogP contribution in [-0.4, -0.2) is 101 Å². The molecule has 12 rings (SSSR count). The minimum Gasteiger partial charge on any atom is -0.394 e. The van der Waals surface area contributed by atoms with Crippen molar-refractivity contribution in [1.29, 1.82) is 0 Å². The van der Waals surface area contributed by atoms with Crippen LogP contribution in [0, 0.1) is 11.8 Å². The molecule has 0 atom stereocenters. The van der Waals surface area contributed by atoms with E-state index in [-0.39, 0.29) is 28.8 Å². The monoisotopic (exact) mass is 1110 g/mol. The van der Waals surface area contributed by atoms with Crippen LogP contribution >= 0.6 is 23.2 Å². The summed E-state index contributed by atoms with van der Waals surface area (Å²) >= 11 is 13.2. The van der Waals surface area contributed by atoms with Crippen molar-refractivity contribution in [2.45, 2.75) is 33.9 Å². The number of H-pyrrole nitrogens is 2. The van der Waals surface area contributed by atoms with Gasteiger partial charge in [-0.15, -0.1) is 0 Å². The largest absolute Gasteiger partial charge is 0.394 e. The Morgan fingerprint density at radius 1 is 0.550 bits per heavy atom. The molecule has 404 valence electrons. The Bertz CT molecular complexity index is 4190. The molecule has 10 aromatic rings. The third-order valence-corrected chi connectivity index (χ3v) is 14.1. The second kappa shape index (κ2) is 23.3. The smallest absolute Gasteiger partial charge is 0.310 e. The van der Waals surface area contributed by atoms with Crippen LogP contribution in [0.25, 0.3) is 65.9 Å². The summed E-state index contributed by atoms with van der Waals surface area (Å²) in [4.78, 5) is 83.7. The summed E-state index contributed by atoms with van der Waals surface area (Å²) in [6.07, 6.45) is 0. The van der Waals surface area contributed by atoms with E-state index in [4.69, 9.17) is 23.2 Å². The molecule has 3 amide bonds. The number of para-hydroxylation sites is 2. The lowest BCUT2D eigenvalue weighted by atomic mass is 10.0. The van der Waals surface area contributed by atoms with Crippen LogP contribution in [0.4, 0.5) is 11.4 Å². The fourth-order valence-electron chi connectivity index (χ4n) is 9.57. The van der Waals surface area contributed by atoms with Crippen molar-refractivity contribution in [2.24, 2.45) is 11.8 Å². The number of nitrogens with one attached hydrogen (secondary N) is 5. The number of esters is 2. The molecule has 6 heterocycles. The summed E-state index contributed by atoms with van der Waals surface area (Å²) in [5.41, 5.74) is 5.41. The Hall–Kier alpha value is -9.37. The van der Waals surface area contributed by atoms with Gasteiger partial charge < -0.3 is 25.6 Å². The maximum Gasteiger partial charge on any atom is 0.310 e. The van der Waals surface area contributed by atoms with E-state index in [9.17, 15) is 33.6 Å². The lowest BCUT2D eigenvalue weighted by Gasteiger charge is -2.38. The topological polar surface area (TPSA) is 261 Å². The lowest BCUT2D eigenvalue weighted by molar-refractivity contribution is -0.156. The maximum atomic E-state index is 13.3. The number of amides is 3. The van der Waals surface area contributed by atoms with Gasteiger partial charge in [-0.05, 0) is 60.7 Å². The number of fused-ring (bicyclic) bond motifs is 4. The van der Waals surface area contributed by atoms with E-state index in [1.807, 2.05) is 82.2 Å². The number of hydrogen-bond donors (Lipinski definition) is 5. The van der Waals surface area contributed by atoms with E-state index in [0.29, 0.717) is 108 Å². The van der Waals surface area contributed by atoms with Crippen LogP contribution in [0.1, 0.15) is 41.7 Å². The number of ether oxygens (including phenoxy) is 1. The predicted octanol–water partition coefficient (Wildman–Crippen LogP) is 8.48. The van der Waals surface area contributed by atoms with Crippen molar-refractivity contribution in [1.82, 2.24) is 50.2 Å². The highest BCUT2D eigenvalue weighted by molar-refractivity contribution is 6.34. The second-order valence-corrected chi connectivity index (χ2v) is 20.0. The van der Waals surface area contributed by atoms with E-state index in [1.165, 1.54) is 13.8 Å². The molecule has 2 aliphatic heterocycles. The number of carbonyl (C=O) groups is 5. The highest BCUT2D eigenvalue weighted by atomic mass is 35.5. The summed E-state index contributed by atoms with van der Waals surface area (Å²) in [5, 5.41) is 36.6. The Morgan fingerprint density at radius 3 is 1.32 bits per heavy atom. The molecule has 22 heteroatoms. The second-order valence-electron chi connectivity index (χ2n) is 19.2. The van der Waals surface area contributed by atoms with E-state index in [1.54, 1.807) is 72.5 Å². The average molecular weight is 1110 g/mol. The van der Waals surface area contributed by atoms with Gasteiger partial charge in [0.1, 0.15) is 11.4 Å². The van der Waals surface area contributed by atoms with E-state index < -0.39 is 11.9 Å². The number of aromatic amines is 2. The number of hydrogen-bond acceptors (Lipinski definition) is 13. The molecule has 2 aliphatic rings. The molecule has 0 aliphatic carbocycles. The average Bonchev–Trinajstić information content (AvgIpc) is 4.03. The zero-order valence-corrected chi connectivity index (χ0v) is 44.8. The van der Waals surface area contributed by atoms with Gasteiger partial charge in [-0.2, -0.15) is 20.4 Å². The highest BCUT2D eigenvalue weighted by Gasteiger charge is 2.30. The summed E-state index contributed by atoms with van der Waals surface area (Å²) in [6, 6.07) is 40.1. The Balaban J connectivity index is 0.000000161. The molecule has 4 aromatic heterocycles. The summed E-state index contributed by atoms with van der Waals surface area (Å²) in [6.45, 7) is 8.62. The van der Waals surface area contributed by atoms with Crippen molar-refractivity contribution in [3.05, 3.63) is 176 Å². The Kier molecular flexibility index (Phi) is 15.7. The van der Waals surface area contributed by atoms with E-state index in [2.05, 4.69) is 51.3 Å². The number of anilines is 2. The molecule has 0 saturated carbocycles. The Labute approximate surface area is 465 Å². The molecular formula is C58H50Cl2N12O8. The normalized spacial score (nSPS) is 13.1. The minimum absolute atomic E-state index is 0.0702. The van der Waals surface area contributed by atoms with Crippen molar-refractivity contribution in [3.8, 4) is 22.5 Å². The SMILES string of the molecule is CC(=O)N1CC(Cn2nc(C(=O)Nc3ccc(-c4n[nH]c(=O)c5ccccc45)c(Cl)c3)c3ccccc32)C1.CC(=O)OC(C)=O.O=C(Nc1ccc(-c2n[nH]c(=O)c3ccccc23)c(Cl)c1)c1nn(CC2CNC2)c2ccccc12. The summed E-state index contributed by atoms with van der Waals surface area (Å²) in [7, 11) is 0. The summed E-state index contributed by atoms with van der Waals surface area (Å²) < 4.78 is 7.73. The van der Waals surface area contributed by atoms with Gasteiger partial charge in [-0.3, -0.25) is 42.9 Å². The van der Waals surface area contributed by atoms with Crippen molar-refractivity contribution in [2.75, 3.05) is 36.8 Å². The van der Waals surface area contributed by atoms with Gasteiger partial charge in [0.05, 0.1) is 31.9 Å². The molecule has 20 nitrogen and oxygen atoms in total. The van der Waals surface area contributed by atoms with Gasteiger partial charge >= 0.3 is 11.9 Å². The molecule has 5 N–H and O–H groups in total. The first-order valence-electron chi connectivity index (χ1n) is 25.3. The number of rotatable bonds is 10. The van der Waals surface area contributed by atoms with E-state index in [0.717, 1.165) is 41.4 Å². The molecule has 6 aromatic carbocycles. The molecule has 2 fully saturated rings. The molecule has 80 heavy (non-hydrogen) atoms. The van der Waals surface area contributed by atoms with Crippen molar-refractivity contribution in [3.63, 3.8) is 0 Å². The third-order valence-electron chi connectivity index (χ3n) is 13.5.